The Kier molecular flexibility index (Phi) is 8.01. The second-order valence-corrected chi connectivity index (χ2v) is 4.85. The Morgan fingerprint density at radius 1 is 0.833 bits per heavy atom. The topological polar surface area (TPSA) is 94.5 Å². The first-order chi connectivity index (χ1) is 11.5. The number of carbonyl (C=O) groups is 1. The normalized spacial score (nSPS) is 10.3. The van der Waals surface area contributed by atoms with Gasteiger partial charge in [-0.15, -0.1) is 0 Å². The smallest absolute Gasteiger partial charge is 0.343 e. The summed E-state index contributed by atoms with van der Waals surface area (Å²) in [6.07, 6.45) is 1.65. The summed E-state index contributed by atoms with van der Waals surface area (Å²) in [4.78, 5) is 11.6. The van der Waals surface area contributed by atoms with E-state index >= 15 is 0 Å². The number of hydrogen-bond acceptors (Lipinski definition) is 6. The van der Waals surface area contributed by atoms with Crippen LogP contribution in [0.15, 0.2) is 0 Å². The molecule has 0 unspecified atom stereocenters. The zero-order chi connectivity index (χ0) is 18.1. The summed E-state index contributed by atoms with van der Waals surface area (Å²) in [5.41, 5.74) is -0.393. The van der Waals surface area contributed by atoms with Gasteiger partial charge in [-0.05, 0) is 27.2 Å². The average Bonchev–Trinajstić information content (AvgIpc) is 2.53. The van der Waals surface area contributed by atoms with Gasteiger partial charge in [-0.2, -0.15) is 0 Å². The van der Waals surface area contributed by atoms with Crippen LogP contribution in [-0.4, -0.2) is 42.6 Å². The van der Waals surface area contributed by atoms with Crippen molar-refractivity contribution in [2.24, 2.45) is 0 Å². The van der Waals surface area contributed by atoms with Crippen molar-refractivity contribution in [2.45, 2.75) is 40.5 Å². The molecule has 0 amide bonds. The Labute approximate surface area is 142 Å². The number of benzene rings is 1. The molecule has 0 aromatic heterocycles. The highest BCUT2D eigenvalue weighted by Gasteiger charge is 2.32. The highest BCUT2D eigenvalue weighted by atomic mass is 16.6. The molecule has 0 saturated carbocycles. The van der Waals surface area contributed by atoms with Crippen LogP contribution in [0, 0.1) is 0 Å². The van der Waals surface area contributed by atoms with Crippen LogP contribution >= 0.6 is 0 Å². The molecule has 7 heteroatoms. The van der Waals surface area contributed by atoms with E-state index in [2.05, 4.69) is 0 Å². The summed E-state index contributed by atoms with van der Waals surface area (Å²) in [5, 5.41) is 19.9. The number of unbranched alkanes of at least 4 members (excludes halogenated alkanes) is 1. The van der Waals surface area contributed by atoms with Gasteiger partial charge in [0.1, 0.15) is 0 Å². The van der Waals surface area contributed by atoms with Crippen LogP contribution in [0.3, 0.4) is 0 Å². The molecule has 24 heavy (non-hydrogen) atoms. The number of rotatable bonds is 11. The Morgan fingerprint density at radius 2 is 1.33 bits per heavy atom. The Morgan fingerprint density at radius 3 is 1.79 bits per heavy atom. The van der Waals surface area contributed by atoms with Crippen molar-refractivity contribution in [1.82, 2.24) is 0 Å². The van der Waals surface area contributed by atoms with E-state index in [0.717, 1.165) is 12.8 Å². The van der Waals surface area contributed by atoms with Crippen molar-refractivity contribution >= 4 is 5.97 Å². The molecule has 0 aliphatic heterocycles. The molecule has 1 rings (SSSR count). The largest absolute Gasteiger partial charge is 0.503 e. The van der Waals surface area contributed by atoms with E-state index in [1.165, 1.54) is 0 Å². The molecule has 136 valence electrons. The molecule has 0 aliphatic rings. The third-order valence-corrected chi connectivity index (χ3v) is 3.12. The molecule has 0 radical (unpaired) electrons. The summed E-state index contributed by atoms with van der Waals surface area (Å²) < 4.78 is 22.2. The van der Waals surface area contributed by atoms with Crippen LogP contribution in [0.4, 0.5) is 0 Å². The first-order valence-electron chi connectivity index (χ1n) is 8.20. The van der Waals surface area contributed by atoms with E-state index in [1.54, 1.807) is 20.8 Å². The van der Waals surface area contributed by atoms with E-state index in [9.17, 15) is 15.0 Å². The number of phenols is 1. The van der Waals surface area contributed by atoms with Gasteiger partial charge >= 0.3 is 5.97 Å². The van der Waals surface area contributed by atoms with Gasteiger partial charge in [0.15, 0.2) is 17.1 Å². The fourth-order valence-electron chi connectivity index (χ4n) is 2.13. The van der Waals surface area contributed by atoms with Gasteiger partial charge in [0.25, 0.3) is 0 Å². The van der Waals surface area contributed by atoms with Crippen molar-refractivity contribution in [2.75, 3.05) is 26.4 Å². The number of ether oxygens (including phenoxy) is 4. The van der Waals surface area contributed by atoms with Gasteiger partial charge in [-0.3, -0.25) is 0 Å². The first-order valence-corrected chi connectivity index (χ1v) is 8.20. The van der Waals surface area contributed by atoms with E-state index < -0.39 is 17.3 Å². The lowest BCUT2D eigenvalue weighted by Gasteiger charge is -2.21. The molecular formula is C17H26O7. The number of carboxylic acids is 1. The molecule has 0 bridgehead atoms. The Hall–Kier alpha value is -2.31. The minimum atomic E-state index is -1.33. The van der Waals surface area contributed by atoms with Crippen molar-refractivity contribution in [3.05, 3.63) is 5.56 Å². The monoisotopic (exact) mass is 342 g/mol. The quantitative estimate of drug-likeness (QED) is 0.595. The van der Waals surface area contributed by atoms with Gasteiger partial charge in [-0.25, -0.2) is 4.79 Å². The molecule has 0 saturated heterocycles. The van der Waals surface area contributed by atoms with Crippen LogP contribution in [0.1, 0.15) is 50.9 Å². The van der Waals surface area contributed by atoms with E-state index in [1.807, 2.05) is 6.92 Å². The third-order valence-electron chi connectivity index (χ3n) is 3.12. The maximum absolute atomic E-state index is 11.6. The summed E-state index contributed by atoms with van der Waals surface area (Å²) in [5.74, 6) is -1.66. The van der Waals surface area contributed by atoms with Crippen LogP contribution in [0.5, 0.6) is 28.7 Å². The Bertz CT molecular complexity index is 555. The number of hydrogen-bond donors (Lipinski definition) is 2. The molecule has 0 aliphatic carbocycles. The standard InChI is InChI=1S/C17H26O7/c1-5-9-10-24-14-12(18)11(17(19)20)13(21-6-2)15(22-7-3)16(14)23-8-4/h18H,5-10H2,1-4H3,(H,19,20). The molecule has 1 aromatic rings. The highest BCUT2D eigenvalue weighted by Crippen LogP contribution is 2.53. The summed E-state index contributed by atoms with van der Waals surface area (Å²) in [6, 6.07) is 0. The molecular weight excluding hydrogens is 316 g/mol. The van der Waals surface area contributed by atoms with Crippen LogP contribution in [-0.2, 0) is 0 Å². The average molecular weight is 342 g/mol. The zero-order valence-corrected chi connectivity index (χ0v) is 14.7. The fraction of sp³-hybridized carbons (Fsp3) is 0.588. The van der Waals surface area contributed by atoms with E-state index in [-0.39, 0.29) is 36.2 Å². The summed E-state index contributed by atoms with van der Waals surface area (Å²) >= 11 is 0. The van der Waals surface area contributed by atoms with Gasteiger partial charge in [0.2, 0.25) is 17.2 Å². The molecule has 0 fully saturated rings. The fourth-order valence-corrected chi connectivity index (χ4v) is 2.13. The van der Waals surface area contributed by atoms with Gasteiger partial charge in [-0.1, -0.05) is 13.3 Å². The van der Waals surface area contributed by atoms with Gasteiger partial charge in [0, 0.05) is 0 Å². The predicted molar refractivity (Wildman–Crippen MR) is 89.0 cm³/mol. The van der Waals surface area contributed by atoms with Crippen LogP contribution < -0.4 is 18.9 Å². The highest BCUT2D eigenvalue weighted by molar-refractivity contribution is 5.97. The molecule has 0 atom stereocenters. The minimum absolute atomic E-state index is 0.0328. The predicted octanol–water partition coefficient (Wildman–Crippen LogP) is 3.47. The third kappa shape index (κ3) is 4.37. The number of aromatic hydroxyl groups is 1. The SMILES string of the molecule is CCCCOc1c(O)c(C(=O)O)c(OCC)c(OCC)c1OCC. The Balaban J connectivity index is 3.62. The second kappa shape index (κ2) is 9.75. The van der Waals surface area contributed by atoms with Gasteiger partial charge in [0.05, 0.1) is 26.4 Å². The van der Waals surface area contributed by atoms with Crippen molar-refractivity contribution in [3.8, 4) is 28.7 Å². The lowest BCUT2D eigenvalue weighted by molar-refractivity contribution is 0.0686. The maximum atomic E-state index is 11.6. The van der Waals surface area contributed by atoms with E-state index in [4.69, 9.17) is 18.9 Å². The minimum Gasteiger partial charge on any atom is -0.503 e. The van der Waals surface area contributed by atoms with E-state index in [0.29, 0.717) is 13.2 Å². The van der Waals surface area contributed by atoms with Gasteiger partial charge < -0.3 is 29.2 Å². The summed E-state index contributed by atoms with van der Waals surface area (Å²) in [7, 11) is 0. The first kappa shape index (κ1) is 19.7. The number of aromatic carboxylic acids is 1. The maximum Gasteiger partial charge on any atom is 0.343 e. The molecule has 0 spiro atoms. The lowest BCUT2D eigenvalue weighted by atomic mass is 10.1. The summed E-state index contributed by atoms with van der Waals surface area (Å²) in [6.45, 7) is 8.35. The van der Waals surface area contributed by atoms with Crippen molar-refractivity contribution < 1.29 is 34.0 Å². The zero-order valence-electron chi connectivity index (χ0n) is 14.7. The number of carboxylic acid groups (broad SMARTS) is 1. The molecule has 1 aromatic carbocycles. The lowest BCUT2D eigenvalue weighted by Crippen LogP contribution is -2.11. The van der Waals surface area contributed by atoms with Crippen LogP contribution in [0.25, 0.3) is 0 Å². The molecule has 0 heterocycles. The molecule has 2 N–H and O–H groups in total. The van der Waals surface area contributed by atoms with Crippen molar-refractivity contribution in [3.63, 3.8) is 0 Å². The van der Waals surface area contributed by atoms with Crippen molar-refractivity contribution in [1.29, 1.82) is 0 Å². The van der Waals surface area contributed by atoms with Crippen LogP contribution in [0.2, 0.25) is 0 Å². The molecule has 7 nitrogen and oxygen atoms in total. The second-order valence-electron chi connectivity index (χ2n) is 4.85.